The zero-order valence-electron chi connectivity index (χ0n) is 19.5. The Bertz CT molecular complexity index is 1840. The van der Waals surface area contributed by atoms with Gasteiger partial charge >= 0.3 is 11.6 Å². The number of carbonyl (C=O) groups excluding carboxylic acids is 1. The van der Waals surface area contributed by atoms with E-state index in [1.54, 1.807) is 6.07 Å². The molecule has 5 nitrogen and oxygen atoms in total. The molecule has 0 saturated heterocycles. The van der Waals surface area contributed by atoms with Crippen molar-refractivity contribution in [2.45, 2.75) is 13.5 Å². The Labute approximate surface area is 206 Å². The van der Waals surface area contributed by atoms with Crippen molar-refractivity contribution in [2.24, 2.45) is 0 Å². The minimum absolute atomic E-state index is 0.0638. The number of hydrogen-bond donors (Lipinski definition) is 0. The molecule has 0 aliphatic carbocycles. The maximum Gasteiger partial charge on any atom is 0.339 e. The number of fused-ring (bicyclic) bond motifs is 4. The summed E-state index contributed by atoms with van der Waals surface area (Å²) in [6, 6.07) is 30.2. The monoisotopic (exact) mass is 471 g/mol. The summed E-state index contributed by atoms with van der Waals surface area (Å²) in [4.78, 5) is 30.7. The molecule has 0 bridgehead atoms. The molecule has 0 saturated carbocycles. The van der Waals surface area contributed by atoms with Gasteiger partial charge in [-0.05, 0) is 35.4 Å². The molecular formula is C31H21NO4. The highest BCUT2D eigenvalue weighted by Crippen LogP contribution is 2.31. The van der Waals surface area contributed by atoms with Crippen LogP contribution in [0.4, 0.5) is 0 Å². The van der Waals surface area contributed by atoms with E-state index in [9.17, 15) is 9.59 Å². The zero-order valence-corrected chi connectivity index (χ0v) is 19.5. The van der Waals surface area contributed by atoms with Gasteiger partial charge in [-0.25, -0.2) is 14.6 Å². The fourth-order valence-electron chi connectivity index (χ4n) is 4.80. The lowest BCUT2D eigenvalue weighted by Crippen LogP contribution is -2.11. The summed E-state index contributed by atoms with van der Waals surface area (Å²) in [6.45, 7) is 1.82. The summed E-state index contributed by atoms with van der Waals surface area (Å²) in [7, 11) is 0. The van der Waals surface area contributed by atoms with Crippen molar-refractivity contribution >= 4 is 38.6 Å². The molecule has 0 amide bonds. The largest absolute Gasteiger partial charge is 0.457 e. The predicted molar refractivity (Wildman–Crippen MR) is 141 cm³/mol. The molecule has 174 valence electrons. The number of pyridine rings is 1. The third kappa shape index (κ3) is 3.71. The normalized spacial score (nSPS) is 11.2. The molecule has 2 heterocycles. The van der Waals surface area contributed by atoms with Crippen LogP contribution >= 0.6 is 0 Å². The van der Waals surface area contributed by atoms with Crippen molar-refractivity contribution in [3.8, 4) is 11.3 Å². The van der Waals surface area contributed by atoms with Gasteiger partial charge in [0, 0.05) is 28.0 Å². The van der Waals surface area contributed by atoms with Gasteiger partial charge in [0.25, 0.3) is 0 Å². The van der Waals surface area contributed by atoms with E-state index >= 15 is 0 Å². The average molecular weight is 472 g/mol. The number of carbonyl (C=O) groups is 1. The first-order chi connectivity index (χ1) is 17.6. The van der Waals surface area contributed by atoms with E-state index in [0.29, 0.717) is 22.2 Å². The molecule has 36 heavy (non-hydrogen) atoms. The van der Waals surface area contributed by atoms with Crippen molar-refractivity contribution in [3.63, 3.8) is 0 Å². The Morgan fingerprint density at radius 3 is 2.42 bits per heavy atom. The lowest BCUT2D eigenvalue weighted by molar-refractivity contribution is 0.0475. The minimum atomic E-state index is -0.485. The number of aromatic nitrogens is 1. The van der Waals surface area contributed by atoms with Crippen molar-refractivity contribution in [1.29, 1.82) is 0 Å². The van der Waals surface area contributed by atoms with Crippen LogP contribution in [0.3, 0.4) is 0 Å². The molecule has 0 N–H and O–H groups in total. The summed E-state index contributed by atoms with van der Waals surface area (Å²) < 4.78 is 11.3. The van der Waals surface area contributed by atoms with Gasteiger partial charge < -0.3 is 9.15 Å². The number of rotatable bonds is 4. The Kier molecular flexibility index (Phi) is 5.30. The first-order valence-corrected chi connectivity index (χ1v) is 11.7. The molecule has 2 aromatic heterocycles. The summed E-state index contributed by atoms with van der Waals surface area (Å²) >= 11 is 0. The second-order valence-corrected chi connectivity index (χ2v) is 8.67. The van der Waals surface area contributed by atoms with Gasteiger partial charge in [-0.2, -0.15) is 0 Å². The molecule has 0 atom stereocenters. The number of nitrogens with zero attached hydrogens (tertiary/aromatic N) is 1. The Hall–Kier alpha value is -4.77. The van der Waals surface area contributed by atoms with E-state index in [-0.39, 0.29) is 6.61 Å². The number of hydrogen-bond acceptors (Lipinski definition) is 5. The van der Waals surface area contributed by atoms with E-state index in [0.717, 1.165) is 38.4 Å². The first-order valence-electron chi connectivity index (χ1n) is 11.7. The van der Waals surface area contributed by atoms with Crippen LogP contribution in [-0.2, 0) is 11.3 Å². The van der Waals surface area contributed by atoms with E-state index in [2.05, 4.69) is 0 Å². The number of benzene rings is 4. The smallest absolute Gasteiger partial charge is 0.339 e. The fourth-order valence-corrected chi connectivity index (χ4v) is 4.80. The van der Waals surface area contributed by atoms with Gasteiger partial charge in [0.05, 0.1) is 16.8 Å². The second kappa shape index (κ2) is 8.78. The third-order valence-corrected chi connectivity index (χ3v) is 6.46. The van der Waals surface area contributed by atoms with Crippen LogP contribution < -0.4 is 5.63 Å². The van der Waals surface area contributed by atoms with Crippen molar-refractivity contribution < 1.29 is 13.9 Å². The fraction of sp³-hybridized carbons (Fsp3) is 0.0645. The molecule has 5 heteroatoms. The van der Waals surface area contributed by atoms with Crippen LogP contribution in [0.25, 0.3) is 43.9 Å². The molecule has 0 unspecified atom stereocenters. The van der Waals surface area contributed by atoms with Crippen LogP contribution in [0.5, 0.6) is 0 Å². The van der Waals surface area contributed by atoms with Gasteiger partial charge in [-0.15, -0.1) is 0 Å². The Morgan fingerprint density at radius 1 is 0.861 bits per heavy atom. The number of esters is 1. The van der Waals surface area contributed by atoms with Gasteiger partial charge in [-0.3, -0.25) is 0 Å². The summed E-state index contributed by atoms with van der Waals surface area (Å²) in [5, 5.41) is 3.43. The van der Waals surface area contributed by atoms with Crippen LogP contribution in [0, 0.1) is 6.92 Å². The Balaban J connectivity index is 1.45. The van der Waals surface area contributed by atoms with Crippen molar-refractivity contribution in [1.82, 2.24) is 4.98 Å². The predicted octanol–water partition coefficient (Wildman–Crippen LogP) is 6.83. The molecule has 6 rings (SSSR count). The van der Waals surface area contributed by atoms with E-state index < -0.39 is 11.6 Å². The number of para-hydroxylation sites is 1. The molecule has 6 aromatic rings. The van der Waals surface area contributed by atoms with E-state index in [4.69, 9.17) is 14.1 Å². The molecular weight excluding hydrogens is 450 g/mol. The van der Waals surface area contributed by atoms with Gasteiger partial charge in [-0.1, -0.05) is 78.9 Å². The minimum Gasteiger partial charge on any atom is -0.457 e. The van der Waals surface area contributed by atoms with E-state index in [1.807, 2.05) is 91.9 Å². The van der Waals surface area contributed by atoms with Gasteiger partial charge in [0.1, 0.15) is 12.2 Å². The lowest BCUT2D eigenvalue weighted by atomic mass is 9.98. The molecule has 0 spiro atoms. The highest BCUT2D eigenvalue weighted by molar-refractivity contribution is 6.08. The average Bonchev–Trinajstić information content (AvgIpc) is 2.91. The first kappa shape index (κ1) is 21.7. The number of ether oxygens (including phenoxy) is 1. The van der Waals surface area contributed by atoms with Crippen molar-refractivity contribution in [2.75, 3.05) is 0 Å². The van der Waals surface area contributed by atoms with Crippen molar-refractivity contribution in [3.05, 3.63) is 124 Å². The highest BCUT2D eigenvalue weighted by atomic mass is 16.5. The van der Waals surface area contributed by atoms with E-state index in [1.165, 1.54) is 6.07 Å². The topological polar surface area (TPSA) is 69.4 Å². The quantitative estimate of drug-likeness (QED) is 0.160. The van der Waals surface area contributed by atoms with Crippen LogP contribution in [0.15, 0.2) is 106 Å². The SMILES string of the molecule is Cc1c(-c2ccccc2)nc2ccccc2c1C(=O)OCc1cc(=O)oc2ccc3ccccc3c12. The summed E-state index contributed by atoms with van der Waals surface area (Å²) in [5.41, 5.74) is 4.16. The molecule has 0 aliphatic heterocycles. The zero-order chi connectivity index (χ0) is 24.6. The molecule has 0 aliphatic rings. The maximum absolute atomic E-state index is 13.6. The standard InChI is InChI=1S/C31H21NO4/c1-19-28(24-13-7-8-14-25(24)32-30(19)21-10-3-2-4-11-21)31(34)35-18-22-17-27(33)36-26-16-15-20-9-5-6-12-23(20)29(22)26/h2-17H,18H2,1H3. The van der Waals surface area contributed by atoms with Gasteiger partial charge in [0.15, 0.2) is 0 Å². The summed E-state index contributed by atoms with van der Waals surface area (Å²) in [5.74, 6) is -0.468. The molecule has 0 fully saturated rings. The van der Waals surface area contributed by atoms with Crippen LogP contribution in [0.2, 0.25) is 0 Å². The van der Waals surface area contributed by atoms with Crippen LogP contribution in [0.1, 0.15) is 21.5 Å². The molecule has 0 radical (unpaired) electrons. The van der Waals surface area contributed by atoms with Crippen LogP contribution in [-0.4, -0.2) is 11.0 Å². The Morgan fingerprint density at radius 2 is 1.58 bits per heavy atom. The van der Waals surface area contributed by atoms with Gasteiger partial charge in [0.2, 0.25) is 0 Å². The summed E-state index contributed by atoms with van der Waals surface area (Å²) in [6.07, 6.45) is 0. The second-order valence-electron chi connectivity index (χ2n) is 8.67. The lowest BCUT2D eigenvalue weighted by Gasteiger charge is -2.15. The molecule has 4 aromatic carbocycles. The maximum atomic E-state index is 13.6. The highest BCUT2D eigenvalue weighted by Gasteiger charge is 2.21. The third-order valence-electron chi connectivity index (χ3n) is 6.46.